The first-order chi connectivity index (χ1) is 12.3. The van der Waals surface area contributed by atoms with Crippen molar-refractivity contribution in [2.24, 2.45) is 0 Å². The number of fused-ring (bicyclic) bond motifs is 1. The normalized spacial score (nSPS) is 10.7. The van der Waals surface area contributed by atoms with E-state index >= 15 is 0 Å². The van der Waals surface area contributed by atoms with Crippen molar-refractivity contribution < 1.29 is 4.79 Å². The van der Waals surface area contributed by atoms with Crippen LogP contribution in [0.1, 0.15) is 15.9 Å². The predicted octanol–water partition coefficient (Wildman–Crippen LogP) is 3.96. The minimum absolute atomic E-state index is 0.0834. The van der Waals surface area contributed by atoms with Crippen molar-refractivity contribution in [3.63, 3.8) is 0 Å². The Morgan fingerprint density at radius 2 is 1.72 bits per heavy atom. The molecule has 0 radical (unpaired) electrons. The predicted molar refractivity (Wildman–Crippen MR) is 98.7 cm³/mol. The Balaban J connectivity index is 1.48. The van der Waals surface area contributed by atoms with Gasteiger partial charge in [-0.3, -0.25) is 4.79 Å². The van der Waals surface area contributed by atoms with Crippen molar-refractivity contribution in [3.05, 3.63) is 96.3 Å². The Labute approximate surface area is 145 Å². The minimum Gasteiger partial charge on any atom is -0.348 e. The molecule has 0 aliphatic rings. The van der Waals surface area contributed by atoms with Gasteiger partial charge in [0.25, 0.3) is 5.91 Å². The molecular weight excluding hydrogens is 310 g/mol. The zero-order chi connectivity index (χ0) is 17.1. The van der Waals surface area contributed by atoms with Gasteiger partial charge in [0.1, 0.15) is 0 Å². The molecule has 4 heteroatoms. The second kappa shape index (κ2) is 6.61. The number of hydrogen-bond donors (Lipinski definition) is 1. The van der Waals surface area contributed by atoms with E-state index in [4.69, 9.17) is 0 Å². The van der Waals surface area contributed by atoms with Crippen molar-refractivity contribution in [3.8, 4) is 5.69 Å². The molecule has 1 aromatic heterocycles. The summed E-state index contributed by atoms with van der Waals surface area (Å²) in [7, 11) is 0. The standard InChI is InChI=1S/C21H17N3O/c25-21(17-9-11-19(12-10-17)24-14-4-13-23-24)22-15-18-7-3-6-16-5-1-2-8-20(16)18/h1-14H,15H2,(H,22,25). The number of nitrogens with zero attached hydrogens (tertiary/aromatic N) is 2. The highest BCUT2D eigenvalue weighted by Crippen LogP contribution is 2.18. The average Bonchev–Trinajstić information content (AvgIpc) is 3.21. The third-order valence-corrected chi connectivity index (χ3v) is 4.22. The second-order valence-corrected chi connectivity index (χ2v) is 5.82. The highest BCUT2D eigenvalue weighted by Gasteiger charge is 2.07. The Hall–Kier alpha value is -3.40. The molecule has 1 N–H and O–H groups in total. The van der Waals surface area contributed by atoms with Crippen LogP contribution in [-0.4, -0.2) is 15.7 Å². The summed E-state index contributed by atoms with van der Waals surface area (Å²) in [6, 6.07) is 23.6. The number of carbonyl (C=O) groups excluding carboxylic acids is 1. The molecule has 0 atom stereocenters. The first-order valence-electron chi connectivity index (χ1n) is 8.16. The summed E-state index contributed by atoms with van der Waals surface area (Å²) in [5, 5.41) is 9.53. The largest absolute Gasteiger partial charge is 0.348 e. The Morgan fingerprint density at radius 3 is 2.52 bits per heavy atom. The van der Waals surface area contributed by atoms with Gasteiger partial charge in [0.15, 0.2) is 0 Å². The Bertz CT molecular complexity index is 1000. The highest BCUT2D eigenvalue weighted by atomic mass is 16.1. The van der Waals surface area contributed by atoms with Crippen LogP contribution in [0.25, 0.3) is 16.5 Å². The third-order valence-electron chi connectivity index (χ3n) is 4.22. The molecule has 25 heavy (non-hydrogen) atoms. The topological polar surface area (TPSA) is 46.9 Å². The van der Waals surface area contributed by atoms with Crippen LogP contribution in [0.5, 0.6) is 0 Å². The molecule has 0 aliphatic carbocycles. The fraction of sp³-hybridized carbons (Fsp3) is 0.0476. The van der Waals surface area contributed by atoms with Gasteiger partial charge in [-0.25, -0.2) is 4.68 Å². The van der Waals surface area contributed by atoms with E-state index in [0.717, 1.165) is 11.3 Å². The lowest BCUT2D eigenvalue weighted by atomic mass is 10.0. The van der Waals surface area contributed by atoms with Crippen molar-refractivity contribution in [1.82, 2.24) is 15.1 Å². The lowest BCUT2D eigenvalue weighted by Crippen LogP contribution is -2.22. The number of amides is 1. The zero-order valence-corrected chi connectivity index (χ0v) is 13.6. The van der Waals surface area contributed by atoms with Gasteiger partial charge in [0.2, 0.25) is 0 Å². The molecule has 3 aromatic carbocycles. The fourth-order valence-corrected chi connectivity index (χ4v) is 2.91. The molecule has 4 rings (SSSR count). The Morgan fingerprint density at radius 1 is 0.920 bits per heavy atom. The smallest absolute Gasteiger partial charge is 0.251 e. The van der Waals surface area contributed by atoms with Crippen LogP contribution < -0.4 is 5.32 Å². The van der Waals surface area contributed by atoms with E-state index in [1.165, 1.54) is 10.8 Å². The van der Waals surface area contributed by atoms with E-state index in [1.54, 1.807) is 10.9 Å². The molecule has 122 valence electrons. The lowest BCUT2D eigenvalue weighted by Gasteiger charge is -2.09. The van der Waals surface area contributed by atoms with E-state index in [9.17, 15) is 4.79 Å². The number of rotatable bonds is 4. The van der Waals surface area contributed by atoms with Crippen LogP contribution in [0.3, 0.4) is 0 Å². The Kier molecular flexibility index (Phi) is 4.01. The highest BCUT2D eigenvalue weighted by molar-refractivity contribution is 5.94. The summed E-state index contributed by atoms with van der Waals surface area (Å²) in [5.74, 6) is -0.0834. The van der Waals surface area contributed by atoms with Crippen molar-refractivity contribution in [2.75, 3.05) is 0 Å². The van der Waals surface area contributed by atoms with E-state index in [2.05, 4.69) is 28.6 Å². The SMILES string of the molecule is O=C(NCc1cccc2ccccc12)c1ccc(-n2cccn2)cc1. The fourth-order valence-electron chi connectivity index (χ4n) is 2.91. The monoisotopic (exact) mass is 327 g/mol. The van der Waals surface area contributed by atoms with E-state index in [1.807, 2.05) is 60.8 Å². The molecule has 0 saturated carbocycles. The van der Waals surface area contributed by atoms with Crippen molar-refractivity contribution in [2.45, 2.75) is 6.54 Å². The van der Waals surface area contributed by atoms with Crippen LogP contribution in [0.4, 0.5) is 0 Å². The van der Waals surface area contributed by atoms with Gasteiger partial charge in [-0.2, -0.15) is 5.10 Å². The molecule has 4 aromatic rings. The first-order valence-corrected chi connectivity index (χ1v) is 8.16. The summed E-state index contributed by atoms with van der Waals surface area (Å²) in [6.45, 7) is 0.501. The maximum absolute atomic E-state index is 12.4. The summed E-state index contributed by atoms with van der Waals surface area (Å²) in [5.41, 5.74) is 2.67. The van der Waals surface area contributed by atoms with Gasteiger partial charge in [0, 0.05) is 24.5 Å². The molecule has 0 saturated heterocycles. The molecule has 0 spiro atoms. The van der Waals surface area contributed by atoms with E-state index < -0.39 is 0 Å². The van der Waals surface area contributed by atoms with Gasteiger partial charge in [-0.15, -0.1) is 0 Å². The average molecular weight is 327 g/mol. The van der Waals surface area contributed by atoms with Crippen LogP contribution in [0.2, 0.25) is 0 Å². The molecule has 4 nitrogen and oxygen atoms in total. The number of carbonyl (C=O) groups is 1. The van der Waals surface area contributed by atoms with E-state index in [0.29, 0.717) is 12.1 Å². The molecule has 0 aliphatic heterocycles. The van der Waals surface area contributed by atoms with Crippen LogP contribution in [0, 0.1) is 0 Å². The summed E-state index contributed by atoms with van der Waals surface area (Å²) >= 11 is 0. The van der Waals surface area contributed by atoms with E-state index in [-0.39, 0.29) is 5.91 Å². The van der Waals surface area contributed by atoms with Crippen LogP contribution in [0.15, 0.2) is 85.2 Å². The van der Waals surface area contributed by atoms with Crippen LogP contribution >= 0.6 is 0 Å². The third kappa shape index (κ3) is 3.15. The molecule has 0 unspecified atom stereocenters. The summed E-state index contributed by atoms with van der Waals surface area (Å²) < 4.78 is 1.76. The molecule has 0 fully saturated rings. The first kappa shape index (κ1) is 15.1. The number of aromatic nitrogens is 2. The molecule has 1 heterocycles. The quantitative estimate of drug-likeness (QED) is 0.617. The maximum Gasteiger partial charge on any atom is 0.251 e. The lowest BCUT2D eigenvalue weighted by molar-refractivity contribution is 0.0951. The van der Waals surface area contributed by atoms with Gasteiger partial charge < -0.3 is 5.32 Å². The van der Waals surface area contributed by atoms with Gasteiger partial charge in [0.05, 0.1) is 5.69 Å². The minimum atomic E-state index is -0.0834. The second-order valence-electron chi connectivity index (χ2n) is 5.82. The van der Waals surface area contributed by atoms with Gasteiger partial charge >= 0.3 is 0 Å². The molecular formula is C21H17N3O. The van der Waals surface area contributed by atoms with Crippen molar-refractivity contribution >= 4 is 16.7 Å². The zero-order valence-electron chi connectivity index (χ0n) is 13.6. The van der Waals surface area contributed by atoms with Crippen LogP contribution in [-0.2, 0) is 6.54 Å². The number of hydrogen-bond acceptors (Lipinski definition) is 2. The molecule has 0 bridgehead atoms. The van der Waals surface area contributed by atoms with Gasteiger partial charge in [-0.05, 0) is 46.7 Å². The van der Waals surface area contributed by atoms with Crippen molar-refractivity contribution in [1.29, 1.82) is 0 Å². The number of nitrogens with one attached hydrogen (secondary N) is 1. The summed E-state index contributed by atoms with van der Waals surface area (Å²) in [4.78, 5) is 12.4. The summed E-state index contributed by atoms with van der Waals surface area (Å²) in [6.07, 6.45) is 3.60. The number of benzene rings is 3. The maximum atomic E-state index is 12.4. The van der Waals surface area contributed by atoms with Gasteiger partial charge in [-0.1, -0.05) is 42.5 Å². The molecule has 1 amide bonds.